The molecular weight excluding hydrogens is 516 g/mol. The van der Waals surface area contributed by atoms with Gasteiger partial charge in [0.2, 0.25) is 0 Å². The van der Waals surface area contributed by atoms with E-state index in [1.54, 1.807) is 23.5 Å². The van der Waals surface area contributed by atoms with E-state index in [9.17, 15) is 13.2 Å². The minimum absolute atomic E-state index is 0. The maximum absolute atomic E-state index is 12.2. The van der Waals surface area contributed by atoms with Crippen LogP contribution in [0.3, 0.4) is 0 Å². The molecule has 29 heavy (non-hydrogen) atoms. The number of rotatable bonds is 9. The van der Waals surface area contributed by atoms with E-state index in [1.165, 1.54) is 17.0 Å². The van der Waals surface area contributed by atoms with E-state index in [0.717, 1.165) is 30.0 Å². The van der Waals surface area contributed by atoms with Crippen molar-refractivity contribution in [2.45, 2.75) is 39.4 Å². The fraction of sp³-hybridized carbons (Fsp3) is 0.474. The first-order valence-corrected chi connectivity index (χ1v) is 9.95. The quantitative estimate of drug-likeness (QED) is 0.277. The molecule has 5 nitrogen and oxygen atoms in total. The van der Waals surface area contributed by atoms with Crippen LogP contribution in [0.4, 0.5) is 13.2 Å². The van der Waals surface area contributed by atoms with Gasteiger partial charge >= 0.3 is 6.18 Å². The number of aryl methyl sites for hydroxylation is 1. The average Bonchev–Trinajstić information content (AvgIpc) is 3.13. The van der Waals surface area contributed by atoms with Crippen molar-refractivity contribution >= 4 is 41.3 Å². The zero-order chi connectivity index (χ0) is 20.4. The van der Waals surface area contributed by atoms with Gasteiger partial charge in [0.1, 0.15) is 5.75 Å². The molecule has 0 aliphatic carbocycles. The number of halogens is 4. The number of thiazole rings is 1. The van der Waals surface area contributed by atoms with E-state index < -0.39 is 12.8 Å². The van der Waals surface area contributed by atoms with Gasteiger partial charge in [-0.2, -0.15) is 13.2 Å². The highest BCUT2D eigenvalue weighted by Crippen LogP contribution is 2.19. The fourth-order valence-electron chi connectivity index (χ4n) is 2.28. The van der Waals surface area contributed by atoms with Gasteiger partial charge in [0.05, 0.1) is 11.6 Å². The van der Waals surface area contributed by atoms with Gasteiger partial charge in [0.15, 0.2) is 12.6 Å². The molecule has 0 atom stereocenters. The van der Waals surface area contributed by atoms with Crippen molar-refractivity contribution < 1.29 is 17.9 Å². The number of ether oxygens (including phenoxy) is 1. The number of alkyl halides is 3. The average molecular weight is 542 g/mol. The normalized spacial score (nSPS) is 11.7. The third kappa shape index (κ3) is 10.2. The zero-order valence-electron chi connectivity index (χ0n) is 16.4. The van der Waals surface area contributed by atoms with Crippen LogP contribution in [0.15, 0.2) is 35.5 Å². The number of benzene rings is 1. The van der Waals surface area contributed by atoms with Crippen molar-refractivity contribution in [3.05, 3.63) is 45.9 Å². The highest BCUT2D eigenvalue weighted by atomic mass is 127. The van der Waals surface area contributed by atoms with Crippen molar-refractivity contribution in [1.82, 2.24) is 15.6 Å². The van der Waals surface area contributed by atoms with Gasteiger partial charge in [-0.1, -0.05) is 19.1 Å². The van der Waals surface area contributed by atoms with E-state index >= 15 is 0 Å². The molecule has 0 fully saturated rings. The molecule has 0 unspecified atom stereocenters. The number of nitrogens with zero attached hydrogens (tertiary/aromatic N) is 2. The number of nitrogens with one attached hydrogen (secondary N) is 2. The smallest absolute Gasteiger partial charge is 0.422 e. The topological polar surface area (TPSA) is 58.5 Å². The Kier molecular flexibility index (Phi) is 11.3. The van der Waals surface area contributed by atoms with Gasteiger partial charge in [-0.15, -0.1) is 35.3 Å². The van der Waals surface area contributed by atoms with Gasteiger partial charge in [0, 0.05) is 30.6 Å². The summed E-state index contributed by atoms with van der Waals surface area (Å²) in [5.74, 6) is 0.872. The Morgan fingerprint density at radius 1 is 1.17 bits per heavy atom. The van der Waals surface area contributed by atoms with Crippen LogP contribution in [-0.2, 0) is 19.4 Å². The molecule has 10 heteroatoms. The number of aliphatic imine (C=N–C) groups is 1. The Hall–Kier alpha value is -1.56. The summed E-state index contributed by atoms with van der Waals surface area (Å²) in [7, 11) is 0. The molecule has 0 aliphatic heterocycles. The first kappa shape index (κ1) is 25.5. The molecular formula is C19H26F3IN4OS. The third-order valence-electron chi connectivity index (χ3n) is 3.67. The molecule has 0 amide bonds. The molecule has 0 saturated heterocycles. The molecule has 2 rings (SSSR count). The predicted molar refractivity (Wildman–Crippen MR) is 121 cm³/mol. The number of aromatic nitrogens is 1. The van der Waals surface area contributed by atoms with Crippen molar-refractivity contribution in [3.63, 3.8) is 0 Å². The standard InChI is InChI=1S/C19H25F3N4OS.HI/c1-3-16-12-25-17(28-16)9-10-24-18(23-4-2)26-11-14-5-7-15(8-6-14)27-13-19(20,21)22;/h5-8,12H,3-4,9-11,13H2,1-2H3,(H2,23,24,26);1H. The Labute approximate surface area is 190 Å². The molecule has 0 spiro atoms. The lowest BCUT2D eigenvalue weighted by Crippen LogP contribution is -2.38. The second kappa shape index (κ2) is 12.9. The summed E-state index contributed by atoms with van der Waals surface area (Å²) >= 11 is 1.72. The van der Waals surface area contributed by atoms with Crippen LogP contribution in [0.2, 0.25) is 0 Å². The Morgan fingerprint density at radius 3 is 2.48 bits per heavy atom. The maximum Gasteiger partial charge on any atom is 0.422 e. The van der Waals surface area contributed by atoms with E-state index in [-0.39, 0.29) is 29.7 Å². The van der Waals surface area contributed by atoms with Gasteiger partial charge in [-0.05, 0) is 31.0 Å². The third-order valence-corrected chi connectivity index (χ3v) is 4.87. The molecule has 1 heterocycles. The second-order valence-corrected chi connectivity index (χ2v) is 7.19. The molecule has 0 radical (unpaired) electrons. The van der Waals surface area contributed by atoms with Gasteiger partial charge in [-0.25, -0.2) is 9.98 Å². The van der Waals surface area contributed by atoms with Crippen LogP contribution in [0.25, 0.3) is 0 Å². The molecule has 2 N–H and O–H groups in total. The van der Waals surface area contributed by atoms with Gasteiger partial charge in [0.25, 0.3) is 0 Å². The summed E-state index contributed by atoms with van der Waals surface area (Å²) in [6.45, 7) is 4.66. The highest BCUT2D eigenvalue weighted by Gasteiger charge is 2.28. The first-order valence-electron chi connectivity index (χ1n) is 9.14. The summed E-state index contributed by atoms with van der Waals surface area (Å²) in [4.78, 5) is 10.2. The SMILES string of the molecule is CCNC(=NCc1ccc(OCC(F)(F)F)cc1)NCCc1ncc(CC)s1.I. The largest absolute Gasteiger partial charge is 0.484 e. The van der Waals surface area contributed by atoms with Crippen molar-refractivity contribution in [2.75, 3.05) is 19.7 Å². The van der Waals surface area contributed by atoms with Crippen LogP contribution in [0, 0.1) is 0 Å². The van der Waals surface area contributed by atoms with Crippen LogP contribution in [0.1, 0.15) is 29.3 Å². The summed E-state index contributed by atoms with van der Waals surface area (Å²) in [6, 6.07) is 6.46. The molecule has 0 saturated carbocycles. The van der Waals surface area contributed by atoms with Crippen molar-refractivity contribution in [2.24, 2.45) is 4.99 Å². The van der Waals surface area contributed by atoms with Crippen LogP contribution >= 0.6 is 35.3 Å². The van der Waals surface area contributed by atoms with E-state index in [4.69, 9.17) is 4.74 Å². The van der Waals surface area contributed by atoms with Gasteiger partial charge < -0.3 is 15.4 Å². The van der Waals surface area contributed by atoms with Crippen LogP contribution < -0.4 is 15.4 Å². The number of guanidine groups is 1. The fourth-order valence-corrected chi connectivity index (χ4v) is 3.15. The van der Waals surface area contributed by atoms with E-state index in [2.05, 4.69) is 27.5 Å². The Balaban J connectivity index is 0.00000420. The minimum atomic E-state index is -4.34. The van der Waals surface area contributed by atoms with Crippen molar-refractivity contribution in [3.8, 4) is 5.75 Å². The van der Waals surface area contributed by atoms with Crippen LogP contribution in [-0.4, -0.2) is 36.8 Å². The summed E-state index contributed by atoms with van der Waals surface area (Å²) in [5, 5.41) is 7.54. The molecule has 162 valence electrons. The molecule has 2 aromatic rings. The van der Waals surface area contributed by atoms with Crippen molar-refractivity contribution in [1.29, 1.82) is 0 Å². The Morgan fingerprint density at radius 2 is 1.90 bits per heavy atom. The second-order valence-electron chi connectivity index (χ2n) is 5.99. The summed E-state index contributed by atoms with van der Waals surface area (Å²) in [5.41, 5.74) is 0.879. The molecule has 1 aromatic carbocycles. The van der Waals surface area contributed by atoms with Crippen LogP contribution in [0.5, 0.6) is 5.75 Å². The predicted octanol–water partition coefficient (Wildman–Crippen LogP) is 4.56. The molecule has 0 bridgehead atoms. The summed E-state index contributed by atoms with van der Waals surface area (Å²) in [6.07, 6.45) is -0.608. The molecule has 1 aromatic heterocycles. The lowest BCUT2D eigenvalue weighted by molar-refractivity contribution is -0.153. The Bertz CT molecular complexity index is 751. The van der Waals surface area contributed by atoms with E-state index in [0.29, 0.717) is 19.0 Å². The van der Waals surface area contributed by atoms with E-state index in [1.807, 2.05) is 13.1 Å². The first-order chi connectivity index (χ1) is 13.4. The highest BCUT2D eigenvalue weighted by molar-refractivity contribution is 14.0. The van der Waals surface area contributed by atoms with Gasteiger partial charge in [-0.3, -0.25) is 0 Å². The molecule has 0 aliphatic rings. The minimum Gasteiger partial charge on any atom is -0.484 e. The number of hydrogen-bond acceptors (Lipinski definition) is 4. The lowest BCUT2D eigenvalue weighted by Gasteiger charge is -2.11. The maximum atomic E-state index is 12.2. The lowest BCUT2D eigenvalue weighted by atomic mass is 10.2. The summed E-state index contributed by atoms with van der Waals surface area (Å²) < 4.78 is 41.2. The number of hydrogen-bond donors (Lipinski definition) is 2. The zero-order valence-corrected chi connectivity index (χ0v) is 19.5. The monoisotopic (exact) mass is 542 g/mol.